The van der Waals surface area contributed by atoms with Crippen molar-refractivity contribution in [2.75, 3.05) is 11.5 Å². The molecule has 0 heterocycles. The lowest BCUT2D eigenvalue weighted by Crippen LogP contribution is -2.38. The van der Waals surface area contributed by atoms with E-state index in [1.54, 1.807) is 0 Å². The SMILES string of the molecule is CC(=O)NC(O)CS(=O)(=O)c1ccc(Oc2ccc(S(=O)(=O)CC(O)NC(C)=O)cc2)cc1. The van der Waals surface area contributed by atoms with E-state index < -0.39 is 55.5 Å². The molecule has 0 aromatic heterocycles. The van der Waals surface area contributed by atoms with Crippen molar-refractivity contribution in [1.82, 2.24) is 10.6 Å². The van der Waals surface area contributed by atoms with Crippen LogP contribution in [0.5, 0.6) is 11.5 Å². The third-order valence-corrected chi connectivity index (χ3v) is 7.59. The summed E-state index contributed by atoms with van der Waals surface area (Å²) in [5.74, 6) is -1.98. The minimum Gasteiger partial charge on any atom is -0.457 e. The molecule has 0 saturated carbocycles. The van der Waals surface area contributed by atoms with Crippen molar-refractivity contribution in [3.63, 3.8) is 0 Å². The normalized spacial score (nSPS) is 13.6. The highest BCUT2D eigenvalue weighted by atomic mass is 32.2. The summed E-state index contributed by atoms with van der Waals surface area (Å²) in [4.78, 5) is 21.7. The van der Waals surface area contributed by atoms with Gasteiger partial charge < -0.3 is 25.6 Å². The number of carbonyl (C=O) groups is 2. The minimum atomic E-state index is -3.87. The molecule has 2 unspecified atom stereocenters. The van der Waals surface area contributed by atoms with Crippen molar-refractivity contribution in [2.45, 2.75) is 36.1 Å². The number of rotatable bonds is 10. The summed E-state index contributed by atoms with van der Waals surface area (Å²) in [6.45, 7) is 2.30. The third-order valence-electron chi connectivity index (χ3n) is 4.10. The third kappa shape index (κ3) is 8.13. The van der Waals surface area contributed by atoms with Crippen molar-refractivity contribution in [3.05, 3.63) is 48.5 Å². The van der Waals surface area contributed by atoms with E-state index in [1.165, 1.54) is 48.5 Å². The Kier molecular flexibility index (Phi) is 8.55. The Hall–Kier alpha value is -3.00. The number of benzene rings is 2. The smallest absolute Gasteiger partial charge is 0.218 e. The topological polar surface area (TPSA) is 176 Å². The molecule has 0 aliphatic carbocycles. The summed E-state index contributed by atoms with van der Waals surface area (Å²) in [5, 5.41) is 23.4. The van der Waals surface area contributed by atoms with Crippen molar-refractivity contribution in [3.8, 4) is 11.5 Å². The molecular formula is C20H24N2O9S2. The highest BCUT2D eigenvalue weighted by Gasteiger charge is 2.21. The molecule has 0 spiro atoms. The molecule has 2 aromatic rings. The highest BCUT2D eigenvalue weighted by Crippen LogP contribution is 2.25. The molecule has 13 heteroatoms. The summed E-state index contributed by atoms with van der Waals surface area (Å²) in [5.41, 5.74) is 0. The van der Waals surface area contributed by atoms with E-state index in [9.17, 15) is 36.6 Å². The van der Waals surface area contributed by atoms with Crippen molar-refractivity contribution < 1.29 is 41.4 Å². The molecule has 0 radical (unpaired) electrons. The number of carbonyl (C=O) groups excluding carboxylic acids is 2. The largest absolute Gasteiger partial charge is 0.457 e. The Balaban J connectivity index is 2.05. The van der Waals surface area contributed by atoms with Crippen LogP contribution in [0.1, 0.15) is 13.8 Å². The lowest BCUT2D eigenvalue weighted by Gasteiger charge is -2.13. The molecule has 2 atom stereocenters. The second-order valence-electron chi connectivity index (χ2n) is 7.04. The van der Waals surface area contributed by atoms with Gasteiger partial charge in [0.05, 0.1) is 21.3 Å². The van der Waals surface area contributed by atoms with Gasteiger partial charge in [0.25, 0.3) is 0 Å². The van der Waals surface area contributed by atoms with Gasteiger partial charge >= 0.3 is 0 Å². The molecule has 0 aliphatic heterocycles. The van der Waals surface area contributed by atoms with Gasteiger partial charge in [-0.1, -0.05) is 0 Å². The maximum Gasteiger partial charge on any atom is 0.218 e. The van der Waals surface area contributed by atoms with Gasteiger partial charge in [0, 0.05) is 13.8 Å². The van der Waals surface area contributed by atoms with Crippen LogP contribution < -0.4 is 15.4 Å². The molecule has 11 nitrogen and oxygen atoms in total. The van der Waals surface area contributed by atoms with Crippen LogP contribution in [-0.2, 0) is 29.3 Å². The molecule has 2 rings (SSSR count). The Bertz CT molecular complexity index is 1100. The van der Waals surface area contributed by atoms with Crippen molar-refractivity contribution >= 4 is 31.5 Å². The lowest BCUT2D eigenvalue weighted by atomic mass is 10.3. The van der Waals surface area contributed by atoms with E-state index >= 15 is 0 Å². The fourth-order valence-electron chi connectivity index (χ4n) is 2.73. The number of sulfone groups is 2. The summed E-state index contributed by atoms with van der Waals surface area (Å²) in [6, 6.07) is 10.6. The molecule has 0 fully saturated rings. The molecule has 0 saturated heterocycles. The fourth-order valence-corrected chi connectivity index (χ4v) is 5.21. The van der Waals surface area contributed by atoms with Crippen LogP contribution in [0.3, 0.4) is 0 Å². The van der Waals surface area contributed by atoms with Crippen LogP contribution in [-0.4, -0.2) is 62.8 Å². The zero-order valence-corrected chi connectivity index (χ0v) is 19.4. The summed E-state index contributed by atoms with van der Waals surface area (Å²) < 4.78 is 54.8. The van der Waals surface area contributed by atoms with Gasteiger partial charge in [-0.15, -0.1) is 0 Å². The lowest BCUT2D eigenvalue weighted by molar-refractivity contribution is -0.122. The first-order valence-corrected chi connectivity index (χ1v) is 12.8. The Morgan fingerprint density at radius 3 is 1.30 bits per heavy atom. The Morgan fingerprint density at radius 2 is 1.03 bits per heavy atom. The average Bonchev–Trinajstić information content (AvgIpc) is 2.66. The summed E-state index contributed by atoms with van der Waals surface area (Å²) in [6.07, 6.45) is -3.09. The second-order valence-corrected chi connectivity index (χ2v) is 11.1. The van der Waals surface area contributed by atoms with Crippen LogP contribution in [0.2, 0.25) is 0 Å². The number of nitrogens with one attached hydrogen (secondary N) is 2. The van der Waals surface area contributed by atoms with E-state index in [1.807, 2.05) is 0 Å². The first-order valence-electron chi connectivity index (χ1n) is 9.52. The van der Waals surface area contributed by atoms with Gasteiger partial charge in [0.15, 0.2) is 19.7 Å². The highest BCUT2D eigenvalue weighted by molar-refractivity contribution is 7.91. The predicted molar refractivity (Wildman–Crippen MR) is 117 cm³/mol. The fraction of sp³-hybridized carbons (Fsp3) is 0.300. The minimum absolute atomic E-state index is 0.0848. The zero-order valence-electron chi connectivity index (χ0n) is 17.8. The molecule has 2 aromatic carbocycles. The number of aliphatic hydroxyl groups is 2. The molecule has 2 amide bonds. The monoisotopic (exact) mass is 500 g/mol. The van der Waals surface area contributed by atoms with Crippen LogP contribution in [0.15, 0.2) is 58.3 Å². The number of aliphatic hydroxyl groups excluding tert-OH is 2. The van der Waals surface area contributed by atoms with Gasteiger partial charge in [-0.05, 0) is 48.5 Å². The molecule has 0 aliphatic rings. The Morgan fingerprint density at radius 1 is 0.727 bits per heavy atom. The number of hydrogen-bond acceptors (Lipinski definition) is 9. The maximum atomic E-state index is 12.3. The predicted octanol–water partition coefficient (Wildman–Crippen LogP) is -0.0647. The van der Waals surface area contributed by atoms with Crippen LogP contribution in [0.25, 0.3) is 0 Å². The Labute approximate surface area is 191 Å². The summed E-state index contributed by atoms with van der Waals surface area (Å²) in [7, 11) is -7.74. The first-order chi connectivity index (χ1) is 15.3. The first kappa shape index (κ1) is 26.3. The van der Waals surface area contributed by atoms with Crippen LogP contribution in [0.4, 0.5) is 0 Å². The molecular weight excluding hydrogens is 476 g/mol. The van der Waals surface area contributed by atoms with Crippen LogP contribution >= 0.6 is 0 Å². The van der Waals surface area contributed by atoms with Gasteiger partial charge in [-0.3, -0.25) is 9.59 Å². The maximum absolute atomic E-state index is 12.3. The van der Waals surface area contributed by atoms with E-state index in [0.29, 0.717) is 0 Å². The van der Waals surface area contributed by atoms with Gasteiger partial charge in [-0.2, -0.15) is 0 Å². The molecule has 180 valence electrons. The average molecular weight is 501 g/mol. The van der Waals surface area contributed by atoms with Crippen molar-refractivity contribution in [2.24, 2.45) is 0 Å². The molecule has 4 N–H and O–H groups in total. The number of hydrogen-bond donors (Lipinski definition) is 4. The van der Waals surface area contributed by atoms with Gasteiger partial charge in [0.1, 0.15) is 24.0 Å². The number of ether oxygens (including phenoxy) is 1. The standard InChI is InChI=1S/C20H24N2O9S2/c1-13(23)21-19(25)11-32(27,28)17-7-3-15(4-8-17)31-16-5-9-18(10-6-16)33(29,30)12-20(26)22-14(2)24/h3-10,19-20,25-26H,11-12H2,1-2H3,(H,21,23)(H,22,24). The van der Waals surface area contributed by atoms with E-state index in [4.69, 9.17) is 4.74 Å². The number of amides is 2. The van der Waals surface area contributed by atoms with E-state index in [-0.39, 0.29) is 21.3 Å². The van der Waals surface area contributed by atoms with E-state index in [2.05, 4.69) is 10.6 Å². The van der Waals surface area contributed by atoms with E-state index in [0.717, 1.165) is 13.8 Å². The van der Waals surface area contributed by atoms with Gasteiger partial charge in [0.2, 0.25) is 11.8 Å². The second kappa shape index (κ2) is 10.7. The quantitative estimate of drug-likeness (QED) is 0.325. The molecule has 33 heavy (non-hydrogen) atoms. The summed E-state index contributed by atoms with van der Waals surface area (Å²) >= 11 is 0. The van der Waals surface area contributed by atoms with Crippen molar-refractivity contribution in [1.29, 1.82) is 0 Å². The van der Waals surface area contributed by atoms with Gasteiger partial charge in [-0.25, -0.2) is 16.8 Å². The zero-order chi connectivity index (χ0) is 24.8. The molecule has 0 bridgehead atoms. The van der Waals surface area contributed by atoms with Crippen LogP contribution in [0, 0.1) is 0 Å².